The largest absolute Gasteiger partial charge is 0.490 e. The first kappa shape index (κ1) is 28.1. The molecular weight excluding hydrogens is 538 g/mol. The third-order valence-electron chi connectivity index (χ3n) is 5.67. The molecule has 2 aromatic heterocycles. The number of nitrogens with one attached hydrogen (secondary N) is 2. The zero-order valence-corrected chi connectivity index (χ0v) is 23.9. The summed E-state index contributed by atoms with van der Waals surface area (Å²) in [5.41, 5.74) is 7.38. The van der Waals surface area contributed by atoms with Gasteiger partial charge in [0.05, 0.1) is 23.4 Å². The van der Waals surface area contributed by atoms with Crippen LogP contribution in [0.25, 0.3) is 10.8 Å². The van der Waals surface area contributed by atoms with Crippen LogP contribution in [0.3, 0.4) is 0 Å². The fourth-order valence-electron chi connectivity index (χ4n) is 4.08. The molecule has 0 fully saturated rings. The topological polar surface area (TPSA) is 146 Å². The van der Waals surface area contributed by atoms with Crippen LogP contribution in [0, 0.1) is 13.8 Å². The SMILES string of the molecule is CCOc1cc(C(Nc2ccc3c(N)nccc3c2)C(=O)NS(=O)(=O)c2sc(C)nc2C)ccc1OC(C)C. The van der Waals surface area contributed by atoms with Crippen molar-refractivity contribution in [1.82, 2.24) is 14.7 Å². The molecule has 10 nitrogen and oxygen atoms in total. The summed E-state index contributed by atoms with van der Waals surface area (Å²) < 4.78 is 40.2. The molecule has 2 heterocycles. The third kappa shape index (κ3) is 6.40. The molecule has 4 N–H and O–H groups in total. The van der Waals surface area contributed by atoms with Crippen molar-refractivity contribution in [3.63, 3.8) is 0 Å². The van der Waals surface area contributed by atoms with E-state index in [1.807, 2.05) is 26.8 Å². The normalized spacial score (nSPS) is 12.4. The Bertz CT molecular complexity index is 1620. The fourth-order valence-corrected chi connectivity index (χ4v) is 6.56. The van der Waals surface area contributed by atoms with Gasteiger partial charge in [-0.1, -0.05) is 6.07 Å². The van der Waals surface area contributed by atoms with Gasteiger partial charge in [0.1, 0.15) is 11.9 Å². The van der Waals surface area contributed by atoms with Crippen LogP contribution in [0.5, 0.6) is 11.5 Å². The van der Waals surface area contributed by atoms with Crippen molar-refractivity contribution in [2.45, 2.75) is 51.0 Å². The van der Waals surface area contributed by atoms with Crippen molar-refractivity contribution in [1.29, 1.82) is 0 Å². The lowest BCUT2D eigenvalue weighted by Gasteiger charge is -2.22. The zero-order chi connectivity index (χ0) is 28.3. The monoisotopic (exact) mass is 569 g/mol. The van der Waals surface area contributed by atoms with Gasteiger partial charge in [-0.25, -0.2) is 23.1 Å². The smallest absolute Gasteiger partial charge is 0.275 e. The summed E-state index contributed by atoms with van der Waals surface area (Å²) in [6, 6.07) is 11.2. The van der Waals surface area contributed by atoms with Gasteiger partial charge in [-0.2, -0.15) is 0 Å². The number of rotatable bonds is 10. The maximum Gasteiger partial charge on any atom is 0.275 e. The molecule has 0 aliphatic rings. The fraction of sp³-hybridized carbons (Fsp3) is 0.296. The van der Waals surface area contributed by atoms with Crippen LogP contribution < -0.4 is 25.2 Å². The Morgan fingerprint density at radius 2 is 1.87 bits per heavy atom. The molecular formula is C27H31N5O5S2. The van der Waals surface area contributed by atoms with E-state index in [9.17, 15) is 13.2 Å². The number of fused-ring (bicyclic) bond motifs is 1. The molecule has 4 rings (SSSR count). The molecule has 12 heteroatoms. The van der Waals surface area contributed by atoms with Crippen molar-refractivity contribution in [2.75, 3.05) is 17.7 Å². The number of carbonyl (C=O) groups is 1. The van der Waals surface area contributed by atoms with E-state index in [0.717, 1.165) is 22.1 Å². The van der Waals surface area contributed by atoms with Gasteiger partial charge in [0.25, 0.3) is 15.9 Å². The van der Waals surface area contributed by atoms with Gasteiger partial charge in [0.2, 0.25) is 0 Å². The number of nitrogen functional groups attached to an aromatic ring is 1. The average Bonchev–Trinajstić information content (AvgIpc) is 3.22. The van der Waals surface area contributed by atoms with Crippen LogP contribution in [-0.2, 0) is 14.8 Å². The minimum absolute atomic E-state index is 0.00327. The van der Waals surface area contributed by atoms with Gasteiger partial charge in [-0.05, 0) is 82.0 Å². The Balaban J connectivity index is 1.75. The number of hydrogen-bond acceptors (Lipinski definition) is 10. The minimum Gasteiger partial charge on any atom is -0.490 e. The maximum atomic E-state index is 13.6. The van der Waals surface area contributed by atoms with Gasteiger partial charge in [-0.3, -0.25) is 4.79 Å². The molecule has 0 saturated carbocycles. The van der Waals surface area contributed by atoms with E-state index >= 15 is 0 Å². The lowest BCUT2D eigenvalue weighted by Crippen LogP contribution is -2.37. The minimum atomic E-state index is -4.16. The van der Waals surface area contributed by atoms with Crippen LogP contribution in [0.1, 0.15) is 43.1 Å². The number of nitrogens with zero attached hydrogens (tertiary/aromatic N) is 2. The molecule has 4 aromatic rings. The number of thiazole rings is 1. The number of ether oxygens (including phenoxy) is 2. The number of nitrogens with two attached hydrogens (primary N) is 1. The van der Waals surface area contributed by atoms with Crippen LogP contribution in [0.2, 0.25) is 0 Å². The van der Waals surface area contributed by atoms with Crippen molar-refractivity contribution >= 4 is 49.5 Å². The molecule has 39 heavy (non-hydrogen) atoms. The molecule has 1 amide bonds. The van der Waals surface area contributed by atoms with E-state index in [4.69, 9.17) is 15.2 Å². The first-order valence-electron chi connectivity index (χ1n) is 12.3. The lowest BCUT2D eigenvalue weighted by atomic mass is 10.0. The molecule has 0 aliphatic carbocycles. The second-order valence-electron chi connectivity index (χ2n) is 9.09. The molecule has 0 aliphatic heterocycles. The van der Waals surface area contributed by atoms with E-state index in [1.165, 1.54) is 0 Å². The third-order valence-corrected chi connectivity index (χ3v) is 8.70. The van der Waals surface area contributed by atoms with Gasteiger partial charge in [-0.15, -0.1) is 11.3 Å². The molecule has 1 unspecified atom stereocenters. The number of anilines is 2. The molecule has 1 atom stereocenters. The van der Waals surface area contributed by atoms with E-state index in [-0.39, 0.29) is 10.3 Å². The number of carbonyl (C=O) groups excluding carboxylic acids is 1. The number of pyridine rings is 1. The predicted molar refractivity (Wildman–Crippen MR) is 153 cm³/mol. The number of aryl methyl sites for hydroxylation is 2. The van der Waals surface area contributed by atoms with Crippen LogP contribution in [-0.4, -0.2) is 37.0 Å². The first-order chi connectivity index (χ1) is 18.5. The number of hydrogen-bond donors (Lipinski definition) is 3. The lowest BCUT2D eigenvalue weighted by molar-refractivity contribution is -0.120. The van der Waals surface area contributed by atoms with Gasteiger partial charge in [0, 0.05) is 17.3 Å². The highest BCUT2D eigenvalue weighted by Gasteiger charge is 2.29. The van der Waals surface area contributed by atoms with E-state index in [2.05, 4.69) is 20.0 Å². The maximum absolute atomic E-state index is 13.6. The predicted octanol–water partition coefficient (Wildman–Crippen LogP) is 4.73. The standard InChI is InChI=1S/C27H31N5O5S2/c1-6-36-23-14-19(7-10-22(23)37-15(2)3)24(26(33)32-39(34,35)27-16(4)30-17(5)38-27)31-20-8-9-21-18(13-20)11-12-29-25(21)28/h7-15,24,31H,6H2,1-5H3,(H2,28,29)(H,32,33). The highest BCUT2D eigenvalue weighted by atomic mass is 32.2. The Kier molecular flexibility index (Phi) is 8.26. The summed E-state index contributed by atoms with van der Waals surface area (Å²) in [4.78, 5) is 21.9. The Morgan fingerprint density at radius 3 is 2.54 bits per heavy atom. The van der Waals surface area contributed by atoms with Crippen molar-refractivity contribution in [3.8, 4) is 11.5 Å². The van der Waals surface area contributed by atoms with Gasteiger partial charge >= 0.3 is 0 Å². The van der Waals surface area contributed by atoms with Crippen LogP contribution in [0.4, 0.5) is 11.5 Å². The van der Waals surface area contributed by atoms with Crippen molar-refractivity contribution in [2.24, 2.45) is 0 Å². The Morgan fingerprint density at radius 1 is 1.10 bits per heavy atom. The summed E-state index contributed by atoms with van der Waals surface area (Å²) in [6.45, 7) is 9.32. The second kappa shape index (κ2) is 11.5. The van der Waals surface area contributed by atoms with Crippen molar-refractivity contribution < 1.29 is 22.7 Å². The number of aromatic nitrogens is 2. The van der Waals surface area contributed by atoms with E-state index in [0.29, 0.717) is 45.9 Å². The summed E-state index contributed by atoms with van der Waals surface area (Å²) in [5.74, 6) is 0.579. The first-order valence-corrected chi connectivity index (χ1v) is 14.6. The number of sulfonamides is 1. The summed E-state index contributed by atoms with van der Waals surface area (Å²) in [5, 5.41) is 5.34. The Labute approximate surface area is 231 Å². The quantitative estimate of drug-likeness (QED) is 0.247. The number of amides is 1. The zero-order valence-electron chi connectivity index (χ0n) is 22.3. The molecule has 0 spiro atoms. The summed E-state index contributed by atoms with van der Waals surface area (Å²) in [7, 11) is -4.16. The van der Waals surface area contributed by atoms with Crippen molar-refractivity contribution in [3.05, 3.63) is 64.9 Å². The molecule has 0 radical (unpaired) electrons. The summed E-state index contributed by atoms with van der Waals surface area (Å²) >= 11 is 1.01. The highest BCUT2D eigenvalue weighted by Crippen LogP contribution is 2.34. The van der Waals surface area contributed by atoms with Gasteiger partial charge < -0.3 is 20.5 Å². The highest BCUT2D eigenvalue weighted by molar-refractivity contribution is 7.92. The molecule has 0 bridgehead atoms. The number of benzene rings is 2. The Hall–Kier alpha value is -3.90. The molecule has 0 saturated heterocycles. The molecule has 2 aromatic carbocycles. The summed E-state index contributed by atoms with van der Waals surface area (Å²) in [6.07, 6.45) is 1.50. The molecule has 206 valence electrons. The average molecular weight is 570 g/mol. The second-order valence-corrected chi connectivity index (χ2v) is 12.2. The van der Waals surface area contributed by atoms with Crippen LogP contribution in [0.15, 0.2) is 52.9 Å². The van der Waals surface area contributed by atoms with E-state index < -0.39 is 22.0 Å². The van der Waals surface area contributed by atoms with Gasteiger partial charge in [0.15, 0.2) is 15.7 Å². The van der Waals surface area contributed by atoms with Crippen LogP contribution >= 0.6 is 11.3 Å². The van der Waals surface area contributed by atoms with E-state index in [1.54, 1.807) is 56.4 Å².